The van der Waals surface area contributed by atoms with Gasteiger partial charge in [-0.05, 0) is 48.7 Å². The van der Waals surface area contributed by atoms with Gasteiger partial charge in [-0.25, -0.2) is 17.5 Å². The smallest absolute Gasteiger partial charge is 0.240 e. The second-order valence-electron chi connectivity index (χ2n) is 6.52. The molecular weight excluding hydrogens is 371 g/mol. The van der Waals surface area contributed by atoms with Crippen LogP contribution < -0.4 is 15.2 Å². The monoisotopic (exact) mass is 394 g/mol. The van der Waals surface area contributed by atoms with Crippen LogP contribution >= 0.6 is 0 Å². The summed E-state index contributed by atoms with van der Waals surface area (Å²) in [5.74, 6) is -0.416. The minimum atomic E-state index is -3.80. The number of anilines is 1. The highest BCUT2D eigenvalue weighted by Crippen LogP contribution is 2.23. The highest BCUT2D eigenvalue weighted by atomic mass is 32.2. The quantitative estimate of drug-likeness (QED) is 0.671. The molecule has 0 aliphatic carbocycles. The third-order valence-corrected chi connectivity index (χ3v) is 5.86. The normalized spacial score (nSPS) is 17.1. The van der Waals surface area contributed by atoms with Crippen molar-refractivity contribution in [2.24, 2.45) is 5.92 Å². The summed E-state index contributed by atoms with van der Waals surface area (Å²) in [5, 5.41) is 0. The summed E-state index contributed by atoms with van der Waals surface area (Å²) in [4.78, 5) is -0.131. The van der Waals surface area contributed by atoms with E-state index in [1.165, 1.54) is 12.1 Å². The number of hydrogen-bond acceptors (Lipinski definition) is 5. The lowest BCUT2D eigenvalue weighted by Gasteiger charge is -2.12. The maximum Gasteiger partial charge on any atom is 0.240 e. The number of halogens is 1. The van der Waals surface area contributed by atoms with Crippen LogP contribution in [0.3, 0.4) is 0 Å². The fourth-order valence-electron chi connectivity index (χ4n) is 2.79. The number of benzene rings is 2. The summed E-state index contributed by atoms with van der Waals surface area (Å²) in [6.45, 7) is 1.85. The van der Waals surface area contributed by atoms with E-state index in [1.54, 1.807) is 12.1 Å². The summed E-state index contributed by atoms with van der Waals surface area (Å²) in [6, 6.07) is 10.9. The standard InChI is InChI=1S/C19H23FN2O4S/c20-18-11-17(5-6-19(18)26-13-15-8-10-25-12-15)27(23,24)22-9-7-14-1-3-16(21)4-2-14/h1-6,11,15,22H,7-10,12-13,21H2. The lowest BCUT2D eigenvalue weighted by Crippen LogP contribution is -2.26. The van der Waals surface area contributed by atoms with Crippen molar-refractivity contribution in [3.05, 3.63) is 53.8 Å². The van der Waals surface area contributed by atoms with Crippen LogP contribution in [-0.2, 0) is 21.2 Å². The number of sulfonamides is 1. The molecule has 0 saturated carbocycles. The van der Waals surface area contributed by atoms with Crippen molar-refractivity contribution in [2.75, 3.05) is 32.1 Å². The highest BCUT2D eigenvalue weighted by molar-refractivity contribution is 7.89. The zero-order valence-electron chi connectivity index (χ0n) is 14.9. The van der Waals surface area contributed by atoms with Crippen LogP contribution in [0.1, 0.15) is 12.0 Å². The molecule has 3 rings (SSSR count). The van der Waals surface area contributed by atoms with E-state index in [4.69, 9.17) is 15.2 Å². The molecule has 2 aromatic carbocycles. The Morgan fingerprint density at radius 3 is 2.67 bits per heavy atom. The Balaban J connectivity index is 1.56. The van der Waals surface area contributed by atoms with Gasteiger partial charge in [0.2, 0.25) is 10.0 Å². The molecule has 6 nitrogen and oxygen atoms in total. The number of ether oxygens (including phenoxy) is 2. The van der Waals surface area contributed by atoms with Crippen LogP contribution in [-0.4, -0.2) is 34.8 Å². The summed E-state index contributed by atoms with van der Waals surface area (Å²) in [7, 11) is -3.80. The maximum absolute atomic E-state index is 14.2. The van der Waals surface area contributed by atoms with Crippen LogP contribution in [0.5, 0.6) is 5.75 Å². The van der Waals surface area contributed by atoms with Gasteiger partial charge < -0.3 is 15.2 Å². The van der Waals surface area contributed by atoms with Gasteiger partial charge in [-0.15, -0.1) is 0 Å². The molecule has 0 radical (unpaired) electrons. The zero-order valence-corrected chi connectivity index (χ0v) is 15.7. The Labute approximate surface area is 158 Å². The van der Waals surface area contributed by atoms with E-state index in [0.717, 1.165) is 18.1 Å². The van der Waals surface area contributed by atoms with Gasteiger partial charge in [0, 0.05) is 24.8 Å². The van der Waals surface area contributed by atoms with Crippen LogP contribution in [0.15, 0.2) is 47.4 Å². The van der Waals surface area contributed by atoms with E-state index in [-0.39, 0.29) is 23.1 Å². The van der Waals surface area contributed by atoms with Gasteiger partial charge >= 0.3 is 0 Å². The topological polar surface area (TPSA) is 90.7 Å². The molecular formula is C19H23FN2O4S. The second-order valence-corrected chi connectivity index (χ2v) is 8.29. The first-order valence-corrected chi connectivity index (χ1v) is 10.3. The first-order valence-electron chi connectivity index (χ1n) is 8.78. The third-order valence-electron chi connectivity index (χ3n) is 4.40. The van der Waals surface area contributed by atoms with Crippen LogP contribution in [0.2, 0.25) is 0 Å². The lowest BCUT2D eigenvalue weighted by atomic mass is 10.1. The maximum atomic E-state index is 14.2. The van der Waals surface area contributed by atoms with Crippen molar-refractivity contribution >= 4 is 15.7 Å². The molecule has 0 amide bonds. The molecule has 1 heterocycles. The fraction of sp³-hybridized carbons (Fsp3) is 0.368. The molecule has 1 saturated heterocycles. The predicted octanol–water partition coefficient (Wildman–Crippen LogP) is 2.34. The number of nitrogens with one attached hydrogen (secondary N) is 1. The molecule has 1 fully saturated rings. The van der Waals surface area contributed by atoms with Gasteiger partial charge in [0.1, 0.15) is 0 Å². The molecule has 0 bridgehead atoms. The molecule has 1 unspecified atom stereocenters. The van der Waals surface area contributed by atoms with Crippen molar-refractivity contribution in [1.29, 1.82) is 0 Å². The van der Waals surface area contributed by atoms with Crippen molar-refractivity contribution in [2.45, 2.75) is 17.7 Å². The minimum Gasteiger partial charge on any atom is -0.490 e. The van der Waals surface area contributed by atoms with E-state index in [0.29, 0.717) is 31.9 Å². The molecule has 1 aliphatic heterocycles. The Kier molecular flexibility index (Phi) is 6.30. The minimum absolute atomic E-state index is 0.0442. The number of rotatable bonds is 8. The Hall–Kier alpha value is -2.16. The van der Waals surface area contributed by atoms with E-state index in [2.05, 4.69) is 4.72 Å². The number of nitrogen functional groups attached to an aromatic ring is 1. The Morgan fingerprint density at radius 1 is 1.22 bits per heavy atom. The first-order chi connectivity index (χ1) is 12.9. The van der Waals surface area contributed by atoms with Crippen molar-refractivity contribution in [1.82, 2.24) is 4.72 Å². The molecule has 3 N–H and O–H groups in total. The number of nitrogens with two attached hydrogens (primary N) is 1. The van der Waals surface area contributed by atoms with Gasteiger partial charge in [0.05, 0.1) is 18.1 Å². The van der Waals surface area contributed by atoms with Gasteiger partial charge in [-0.3, -0.25) is 0 Å². The van der Waals surface area contributed by atoms with Crippen LogP contribution in [0, 0.1) is 11.7 Å². The third kappa shape index (κ3) is 5.41. The van der Waals surface area contributed by atoms with Crippen molar-refractivity contribution < 1.29 is 22.3 Å². The number of hydrogen-bond donors (Lipinski definition) is 2. The van der Waals surface area contributed by atoms with Crippen molar-refractivity contribution in [3.8, 4) is 5.75 Å². The fourth-order valence-corrected chi connectivity index (χ4v) is 3.83. The van der Waals surface area contributed by atoms with E-state index in [1.807, 2.05) is 12.1 Å². The van der Waals surface area contributed by atoms with E-state index >= 15 is 0 Å². The SMILES string of the molecule is Nc1ccc(CCNS(=O)(=O)c2ccc(OCC3CCOC3)c(F)c2)cc1. The lowest BCUT2D eigenvalue weighted by molar-refractivity contribution is 0.165. The highest BCUT2D eigenvalue weighted by Gasteiger charge is 2.19. The van der Waals surface area contributed by atoms with E-state index in [9.17, 15) is 12.8 Å². The average Bonchev–Trinajstić information content (AvgIpc) is 3.16. The molecule has 8 heteroatoms. The van der Waals surface area contributed by atoms with Gasteiger partial charge in [-0.2, -0.15) is 0 Å². The molecule has 146 valence electrons. The van der Waals surface area contributed by atoms with Crippen LogP contribution in [0.4, 0.5) is 10.1 Å². The second kappa shape index (κ2) is 8.69. The Bertz CT molecular complexity index is 866. The molecule has 1 aliphatic rings. The molecule has 0 spiro atoms. The summed E-state index contributed by atoms with van der Waals surface area (Å²) in [6.07, 6.45) is 1.39. The summed E-state index contributed by atoms with van der Waals surface area (Å²) < 4.78 is 52.1. The molecule has 0 aromatic heterocycles. The summed E-state index contributed by atoms with van der Waals surface area (Å²) >= 11 is 0. The molecule has 2 aromatic rings. The first kappa shape index (κ1) is 19.6. The zero-order chi connectivity index (χ0) is 19.3. The molecule has 1 atom stereocenters. The van der Waals surface area contributed by atoms with E-state index < -0.39 is 15.8 Å². The average molecular weight is 394 g/mol. The molecule has 27 heavy (non-hydrogen) atoms. The van der Waals surface area contributed by atoms with Gasteiger partial charge in [0.15, 0.2) is 11.6 Å². The van der Waals surface area contributed by atoms with Crippen molar-refractivity contribution in [3.63, 3.8) is 0 Å². The van der Waals surface area contributed by atoms with Crippen LogP contribution in [0.25, 0.3) is 0 Å². The van der Waals surface area contributed by atoms with Gasteiger partial charge in [0.25, 0.3) is 0 Å². The predicted molar refractivity (Wildman–Crippen MR) is 101 cm³/mol. The summed E-state index contributed by atoms with van der Waals surface area (Å²) in [5.41, 5.74) is 7.23. The van der Waals surface area contributed by atoms with Gasteiger partial charge in [-0.1, -0.05) is 12.1 Å². The largest absolute Gasteiger partial charge is 0.490 e. The Morgan fingerprint density at radius 2 is 2.00 bits per heavy atom.